The summed E-state index contributed by atoms with van der Waals surface area (Å²) >= 11 is 0. The predicted octanol–water partition coefficient (Wildman–Crippen LogP) is 7.87. The molecule has 270 valence electrons. The normalized spacial score (nSPS) is 43.7. The van der Waals surface area contributed by atoms with Gasteiger partial charge in [0.1, 0.15) is 12.7 Å². The van der Waals surface area contributed by atoms with Crippen molar-refractivity contribution in [2.75, 3.05) is 32.8 Å². The minimum atomic E-state index is -0.433. The molecule has 6 aliphatic rings. The van der Waals surface area contributed by atoms with Crippen molar-refractivity contribution in [1.29, 1.82) is 0 Å². The molecule has 5 aliphatic carbocycles. The summed E-state index contributed by atoms with van der Waals surface area (Å²) in [6, 6.07) is 0. The summed E-state index contributed by atoms with van der Waals surface area (Å²) in [6.07, 6.45) is 16.4. The number of carbonyl (C=O) groups excluding carboxylic acids is 3. The third-order valence-electron chi connectivity index (χ3n) is 15.9. The van der Waals surface area contributed by atoms with Gasteiger partial charge in [0.2, 0.25) is 5.91 Å². The highest BCUT2D eigenvalue weighted by Gasteiger charge is 2.70. The van der Waals surface area contributed by atoms with E-state index >= 15 is 0 Å². The number of carbonyl (C=O) groups is 3. The molecule has 6 rings (SSSR count). The molecule has 9 atom stereocenters. The highest BCUT2D eigenvalue weighted by atomic mass is 16.6. The summed E-state index contributed by atoms with van der Waals surface area (Å²) < 4.78 is 11.7. The number of hydrogen-bond donors (Lipinski definition) is 1. The highest BCUT2D eigenvalue weighted by Crippen LogP contribution is 2.76. The Labute approximate surface area is 291 Å². The van der Waals surface area contributed by atoms with Crippen molar-refractivity contribution in [2.24, 2.45) is 50.2 Å². The molecular formula is C41H66N2O5. The van der Waals surface area contributed by atoms with Crippen LogP contribution in [-0.2, 0) is 23.9 Å². The lowest BCUT2D eigenvalue weighted by Gasteiger charge is -2.71. The predicted molar refractivity (Wildman–Crippen MR) is 189 cm³/mol. The van der Waals surface area contributed by atoms with E-state index in [0.717, 1.165) is 90.4 Å². The smallest absolute Gasteiger partial charge is 0.302 e. The number of amides is 1. The Bertz CT molecular complexity index is 1300. The van der Waals surface area contributed by atoms with Crippen molar-refractivity contribution in [3.05, 3.63) is 11.6 Å². The van der Waals surface area contributed by atoms with Crippen LogP contribution in [0, 0.1) is 50.2 Å². The third kappa shape index (κ3) is 5.78. The lowest BCUT2D eigenvalue weighted by molar-refractivity contribution is -0.226. The molecule has 0 aromatic rings. The van der Waals surface area contributed by atoms with Crippen LogP contribution in [0.4, 0.5) is 0 Å². The van der Waals surface area contributed by atoms with Crippen LogP contribution in [0.5, 0.6) is 0 Å². The number of allylic oxidation sites excluding steroid dienone is 2. The van der Waals surface area contributed by atoms with E-state index in [0.29, 0.717) is 11.8 Å². The first-order valence-electron chi connectivity index (χ1n) is 19.5. The summed E-state index contributed by atoms with van der Waals surface area (Å²) in [6.45, 7) is 22.0. The van der Waals surface area contributed by atoms with Crippen molar-refractivity contribution >= 4 is 17.8 Å². The molecule has 1 amide bonds. The summed E-state index contributed by atoms with van der Waals surface area (Å²) in [4.78, 5) is 41.3. The molecule has 4 saturated carbocycles. The fourth-order valence-corrected chi connectivity index (χ4v) is 13.0. The first kappa shape index (κ1) is 35.9. The fraction of sp³-hybridized carbons (Fsp3) is 0.878. The quantitative estimate of drug-likeness (QED) is 0.220. The van der Waals surface area contributed by atoms with Gasteiger partial charge in [0.25, 0.3) is 0 Å². The number of ether oxygens (including phenoxy) is 2. The van der Waals surface area contributed by atoms with Crippen molar-refractivity contribution in [3.8, 4) is 0 Å². The molecule has 0 bridgehead atoms. The standard InChI is InChI=1S/C41H66N2O5/c1-28(44)47-27-38(6)32-14-17-40(8)33(37(32,5)16-15-34(38)48-29(2)45)13-12-30-31-26-36(3,4)18-20-41(31,21-19-39(30,40)7)35(46)42-22-25-43-23-10-9-11-24-43/h12,31-34H,9-11,13-27H2,1-8H3,(H,42,46)/t31-,32+,33+,34-,37-,38-,39+,40+,41-/m0/s1. The molecule has 0 aromatic carbocycles. The molecular weight excluding hydrogens is 600 g/mol. The Morgan fingerprint density at radius 3 is 2.25 bits per heavy atom. The van der Waals surface area contributed by atoms with Crippen LogP contribution in [0.25, 0.3) is 0 Å². The Kier molecular flexibility index (Phi) is 9.51. The van der Waals surface area contributed by atoms with Crippen LogP contribution in [-0.4, -0.2) is 61.6 Å². The van der Waals surface area contributed by atoms with E-state index in [1.54, 1.807) is 5.57 Å². The van der Waals surface area contributed by atoms with Gasteiger partial charge in [0.15, 0.2) is 0 Å². The molecule has 7 heteroatoms. The van der Waals surface area contributed by atoms with Gasteiger partial charge < -0.3 is 19.7 Å². The number of fused-ring (bicyclic) bond motifs is 7. The van der Waals surface area contributed by atoms with Gasteiger partial charge in [-0.2, -0.15) is 0 Å². The van der Waals surface area contributed by atoms with Gasteiger partial charge in [-0.15, -0.1) is 0 Å². The van der Waals surface area contributed by atoms with E-state index in [4.69, 9.17) is 9.47 Å². The zero-order valence-electron chi connectivity index (χ0n) is 31.6. The zero-order valence-corrected chi connectivity index (χ0v) is 31.6. The summed E-state index contributed by atoms with van der Waals surface area (Å²) in [5.41, 5.74) is 1.21. The first-order chi connectivity index (χ1) is 22.5. The fourth-order valence-electron chi connectivity index (χ4n) is 13.0. The second-order valence-corrected chi connectivity index (χ2v) is 19.0. The van der Waals surface area contributed by atoms with E-state index in [-0.39, 0.29) is 63.6 Å². The molecule has 5 fully saturated rings. The zero-order chi connectivity index (χ0) is 34.8. The number of nitrogens with one attached hydrogen (secondary N) is 1. The molecule has 0 aromatic heterocycles. The van der Waals surface area contributed by atoms with E-state index in [9.17, 15) is 14.4 Å². The minimum Gasteiger partial charge on any atom is -0.465 e. The molecule has 0 radical (unpaired) electrons. The van der Waals surface area contributed by atoms with E-state index in [1.807, 2.05) is 0 Å². The number of hydrogen-bond acceptors (Lipinski definition) is 6. The van der Waals surface area contributed by atoms with Gasteiger partial charge >= 0.3 is 11.9 Å². The third-order valence-corrected chi connectivity index (χ3v) is 15.9. The van der Waals surface area contributed by atoms with Crippen LogP contribution < -0.4 is 5.32 Å². The van der Waals surface area contributed by atoms with E-state index < -0.39 is 5.41 Å². The van der Waals surface area contributed by atoms with Gasteiger partial charge in [-0.25, -0.2) is 0 Å². The Hall–Kier alpha value is -1.89. The van der Waals surface area contributed by atoms with Crippen LogP contribution in [0.2, 0.25) is 0 Å². The molecule has 0 unspecified atom stereocenters. The summed E-state index contributed by atoms with van der Waals surface area (Å²) in [5, 5.41) is 3.50. The van der Waals surface area contributed by atoms with Crippen LogP contribution >= 0.6 is 0 Å². The molecule has 1 aliphatic heterocycles. The van der Waals surface area contributed by atoms with Gasteiger partial charge in [0.05, 0.1) is 5.41 Å². The van der Waals surface area contributed by atoms with Crippen molar-refractivity contribution in [3.63, 3.8) is 0 Å². The second kappa shape index (κ2) is 12.7. The molecule has 1 heterocycles. The summed E-state index contributed by atoms with van der Waals surface area (Å²) in [7, 11) is 0. The average Bonchev–Trinajstić information content (AvgIpc) is 3.02. The van der Waals surface area contributed by atoms with Crippen molar-refractivity contribution in [1.82, 2.24) is 10.2 Å². The number of nitrogens with zero attached hydrogens (tertiary/aromatic N) is 1. The van der Waals surface area contributed by atoms with Gasteiger partial charge in [-0.1, -0.05) is 59.6 Å². The van der Waals surface area contributed by atoms with Crippen molar-refractivity contribution in [2.45, 2.75) is 145 Å². The van der Waals surface area contributed by atoms with Crippen LogP contribution in [0.15, 0.2) is 11.6 Å². The highest BCUT2D eigenvalue weighted by molar-refractivity contribution is 5.84. The van der Waals surface area contributed by atoms with Gasteiger partial charge in [-0.05, 0) is 130 Å². The molecule has 1 N–H and O–H groups in total. The Morgan fingerprint density at radius 1 is 0.854 bits per heavy atom. The van der Waals surface area contributed by atoms with E-state index in [1.165, 1.54) is 33.1 Å². The molecule has 48 heavy (non-hydrogen) atoms. The van der Waals surface area contributed by atoms with Crippen molar-refractivity contribution < 1.29 is 23.9 Å². The van der Waals surface area contributed by atoms with Crippen LogP contribution in [0.1, 0.15) is 139 Å². The SMILES string of the molecule is CC(=O)OC[C@@]1(C)[C@@H]2CC[C@]3(C)[C@H](CC=C4[C@@H]5CC(C)(C)CC[C@]5(C(=O)NCCN5CCCCC5)CC[C@]43C)[C@@]2(C)CC[C@@H]1OC(C)=O. The monoisotopic (exact) mass is 666 g/mol. The largest absolute Gasteiger partial charge is 0.465 e. The lowest BCUT2D eigenvalue weighted by Crippen LogP contribution is -2.66. The second-order valence-electron chi connectivity index (χ2n) is 19.0. The Balaban J connectivity index is 1.30. The minimum absolute atomic E-state index is 0.0236. The summed E-state index contributed by atoms with van der Waals surface area (Å²) in [5.74, 6) is 0.812. The molecule has 7 nitrogen and oxygen atoms in total. The number of esters is 2. The maximum atomic E-state index is 14.4. The Morgan fingerprint density at radius 2 is 1.56 bits per heavy atom. The number of rotatable bonds is 7. The maximum Gasteiger partial charge on any atom is 0.302 e. The topological polar surface area (TPSA) is 84.9 Å². The van der Waals surface area contributed by atoms with Crippen LogP contribution in [0.3, 0.4) is 0 Å². The van der Waals surface area contributed by atoms with Gasteiger partial charge in [-0.3, -0.25) is 14.4 Å². The molecule has 1 saturated heterocycles. The molecule has 0 spiro atoms. The lowest BCUT2D eigenvalue weighted by atomic mass is 9.33. The maximum absolute atomic E-state index is 14.4. The van der Waals surface area contributed by atoms with Gasteiger partial charge in [0, 0.05) is 32.4 Å². The first-order valence-corrected chi connectivity index (χ1v) is 19.5. The number of likely N-dealkylation sites (tertiary alicyclic amines) is 1. The average molecular weight is 667 g/mol. The van der Waals surface area contributed by atoms with E-state index in [2.05, 4.69) is 57.8 Å². The number of piperidine rings is 1.